The number of primary sulfonamides is 1. The van der Waals surface area contributed by atoms with Gasteiger partial charge in [0.2, 0.25) is 10.0 Å². The molecule has 0 spiro atoms. The molecule has 0 aliphatic rings. The van der Waals surface area contributed by atoms with Crippen LogP contribution >= 0.6 is 0 Å². The van der Waals surface area contributed by atoms with Gasteiger partial charge >= 0.3 is 0 Å². The minimum atomic E-state index is -3.90. The molecule has 0 saturated carbocycles. The first kappa shape index (κ1) is 23.2. The summed E-state index contributed by atoms with van der Waals surface area (Å²) in [5.74, 6) is -0.864. The van der Waals surface area contributed by atoms with Gasteiger partial charge in [0.25, 0.3) is 5.91 Å². The summed E-state index contributed by atoms with van der Waals surface area (Å²) in [6.45, 7) is 0.0302. The van der Waals surface area contributed by atoms with Crippen molar-refractivity contribution in [2.45, 2.75) is 11.4 Å². The van der Waals surface area contributed by atoms with E-state index in [1.54, 1.807) is 66.7 Å². The summed E-state index contributed by atoms with van der Waals surface area (Å²) in [6, 6.07) is 21.0. The molecule has 7 nitrogen and oxygen atoms in total. The molecule has 0 bridgehead atoms. The molecular formula is C25H21FN4O3S. The highest BCUT2D eigenvalue weighted by Crippen LogP contribution is 2.28. The highest BCUT2D eigenvalue weighted by atomic mass is 32.2. The smallest absolute Gasteiger partial charge is 0.274 e. The standard InChI is InChI=1S/C25H21FN4O3S/c26-22-12-9-17(14-18(22)15-27)21-5-3-13-29-24(21)25(31)30-19-10-7-16(8-11-19)20-4-1-2-6-23(20)34(28,32)33/h1-14H,15,27H2,(H,30,31)(H2,28,32,33). The molecule has 0 saturated heterocycles. The number of nitrogens with two attached hydrogens (primary N) is 2. The van der Waals surface area contributed by atoms with Crippen molar-refractivity contribution >= 4 is 21.6 Å². The number of rotatable bonds is 6. The number of nitrogens with one attached hydrogen (secondary N) is 1. The van der Waals surface area contributed by atoms with Crippen molar-refractivity contribution < 1.29 is 17.6 Å². The Bertz CT molecular complexity index is 1470. The zero-order valence-electron chi connectivity index (χ0n) is 17.9. The van der Waals surface area contributed by atoms with Crippen molar-refractivity contribution in [1.29, 1.82) is 0 Å². The first-order valence-electron chi connectivity index (χ1n) is 10.3. The molecule has 172 valence electrons. The highest BCUT2D eigenvalue weighted by molar-refractivity contribution is 7.89. The number of sulfonamides is 1. The van der Waals surface area contributed by atoms with E-state index in [4.69, 9.17) is 10.9 Å². The van der Waals surface area contributed by atoms with Crippen molar-refractivity contribution in [3.63, 3.8) is 0 Å². The molecule has 0 radical (unpaired) electrons. The number of anilines is 1. The van der Waals surface area contributed by atoms with E-state index >= 15 is 0 Å². The van der Waals surface area contributed by atoms with Crippen molar-refractivity contribution in [3.05, 3.63) is 102 Å². The summed E-state index contributed by atoms with van der Waals surface area (Å²) in [5.41, 5.74) is 8.84. The number of hydrogen-bond donors (Lipinski definition) is 3. The topological polar surface area (TPSA) is 128 Å². The molecule has 4 aromatic rings. The molecule has 0 atom stereocenters. The fourth-order valence-electron chi connectivity index (χ4n) is 3.59. The van der Waals surface area contributed by atoms with Crippen LogP contribution in [0.1, 0.15) is 16.1 Å². The monoisotopic (exact) mass is 476 g/mol. The molecule has 0 unspecified atom stereocenters. The lowest BCUT2D eigenvalue weighted by Crippen LogP contribution is -2.15. The van der Waals surface area contributed by atoms with Crippen molar-refractivity contribution in [1.82, 2.24) is 4.98 Å². The Morgan fingerprint density at radius 1 is 0.912 bits per heavy atom. The van der Waals surface area contributed by atoms with Crippen LogP contribution in [0.25, 0.3) is 22.3 Å². The van der Waals surface area contributed by atoms with Gasteiger partial charge in [0.15, 0.2) is 0 Å². The number of amides is 1. The third-order valence-electron chi connectivity index (χ3n) is 5.25. The second-order valence-electron chi connectivity index (χ2n) is 7.48. The van der Waals surface area contributed by atoms with E-state index < -0.39 is 21.7 Å². The number of carbonyl (C=O) groups is 1. The fourth-order valence-corrected chi connectivity index (χ4v) is 4.36. The second-order valence-corrected chi connectivity index (χ2v) is 9.01. The Hall–Kier alpha value is -3.92. The zero-order chi connectivity index (χ0) is 24.3. The maximum absolute atomic E-state index is 13.9. The number of benzene rings is 3. The van der Waals surface area contributed by atoms with Crippen LogP contribution in [-0.2, 0) is 16.6 Å². The van der Waals surface area contributed by atoms with E-state index in [-0.39, 0.29) is 17.1 Å². The van der Waals surface area contributed by atoms with E-state index in [1.165, 1.54) is 18.3 Å². The summed E-state index contributed by atoms with van der Waals surface area (Å²) >= 11 is 0. The number of hydrogen-bond acceptors (Lipinski definition) is 5. The first-order valence-corrected chi connectivity index (χ1v) is 11.8. The Morgan fingerprint density at radius 3 is 2.29 bits per heavy atom. The van der Waals surface area contributed by atoms with Crippen LogP contribution < -0.4 is 16.2 Å². The van der Waals surface area contributed by atoms with Gasteiger partial charge in [-0.1, -0.05) is 42.5 Å². The Kier molecular flexibility index (Phi) is 6.51. The lowest BCUT2D eigenvalue weighted by atomic mass is 10.0. The number of halogens is 1. The summed E-state index contributed by atoms with van der Waals surface area (Å²) in [4.78, 5) is 17.2. The van der Waals surface area contributed by atoms with Gasteiger partial charge < -0.3 is 11.1 Å². The molecule has 3 aromatic carbocycles. The van der Waals surface area contributed by atoms with Gasteiger partial charge in [0.05, 0.1) is 4.90 Å². The van der Waals surface area contributed by atoms with Gasteiger partial charge in [-0.2, -0.15) is 0 Å². The minimum absolute atomic E-state index is 0.0149. The quantitative estimate of drug-likeness (QED) is 0.389. The second kappa shape index (κ2) is 9.52. The third kappa shape index (κ3) is 4.86. The van der Waals surface area contributed by atoms with E-state index in [0.717, 1.165) is 0 Å². The Balaban J connectivity index is 1.61. The average molecular weight is 477 g/mol. The summed E-state index contributed by atoms with van der Waals surface area (Å²) in [5, 5.41) is 8.11. The number of carbonyl (C=O) groups excluding carboxylic acids is 1. The predicted molar refractivity (Wildman–Crippen MR) is 129 cm³/mol. The average Bonchev–Trinajstić information content (AvgIpc) is 2.84. The molecular weight excluding hydrogens is 455 g/mol. The number of aromatic nitrogens is 1. The van der Waals surface area contributed by atoms with Crippen LogP contribution in [0.3, 0.4) is 0 Å². The van der Waals surface area contributed by atoms with Gasteiger partial charge in [-0.25, -0.2) is 17.9 Å². The van der Waals surface area contributed by atoms with Crippen LogP contribution in [0, 0.1) is 5.82 Å². The van der Waals surface area contributed by atoms with E-state index in [9.17, 15) is 17.6 Å². The molecule has 34 heavy (non-hydrogen) atoms. The maximum atomic E-state index is 13.9. The van der Waals surface area contributed by atoms with Crippen LogP contribution in [0.4, 0.5) is 10.1 Å². The summed E-state index contributed by atoms with van der Waals surface area (Å²) in [7, 11) is -3.90. The minimum Gasteiger partial charge on any atom is -0.326 e. The number of nitrogens with zero attached hydrogens (tertiary/aromatic N) is 1. The van der Waals surface area contributed by atoms with E-state index in [1.807, 2.05) is 0 Å². The molecule has 0 aliphatic heterocycles. The first-order chi connectivity index (χ1) is 16.3. The van der Waals surface area contributed by atoms with Gasteiger partial charge in [0.1, 0.15) is 11.5 Å². The van der Waals surface area contributed by atoms with Gasteiger partial charge in [-0.05, 0) is 47.5 Å². The highest BCUT2D eigenvalue weighted by Gasteiger charge is 2.17. The van der Waals surface area contributed by atoms with Crippen LogP contribution in [0.5, 0.6) is 0 Å². The van der Waals surface area contributed by atoms with Crippen LogP contribution in [0.2, 0.25) is 0 Å². The summed E-state index contributed by atoms with van der Waals surface area (Å²) < 4.78 is 37.6. The van der Waals surface area contributed by atoms with Gasteiger partial charge in [-0.3, -0.25) is 9.78 Å². The zero-order valence-corrected chi connectivity index (χ0v) is 18.7. The Morgan fingerprint density at radius 2 is 1.59 bits per heavy atom. The molecule has 1 aromatic heterocycles. The SMILES string of the molecule is NCc1cc(-c2cccnc2C(=O)Nc2ccc(-c3ccccc3S(N)(=O)=O)cc2)ccc1F. The lowest BCUT2D eigenvalue weighted by molar-refractivity contribution is 0.102. The predicted octanol–water partition coefficient (Wildman–Crippen LogP) is 3.91. The normalized spacial score (nSPS) is 11.3. The molecule has 4 rings (SSSR count). The number of pyridine rings is 1. The third-order valence-corrected chi connectivity index (χ3v) is 6.22. The van der Waals surface area contributed by atoms with Crippen molar-refractivity contribution in [3.8, 4) is 22.3 Å². The van der Waals surface area contributed by atoms with Crippen molar-refractivity contribution in [2.75, 3.05) is 5.32 Å². The molecule has 1 heterocycles. The maximum Gasteiger partial charge on any atom is 0.274 e. The molecule has 5 N–H and O–H groups in total. The largest absolute Gasteiger partial charge is 0.326 e. The lowest BCUT2D eigenvalue weighted by Gasteiger charge is -2.12. The summed E-state index contributed by atoms with van der Waals surface area (Å²) in [6.07, 6.45) is 1.50. The van der Waals surface area contributed by atoms with Crippen LogP contribution in [-0.4, -0.2) is 19.3 Å². The molecule has 0 aliphatic carbocycles. The van der Waals surface area contributed by atoms with Gasteiger partial charge in [-0.15, -0.1) is 0 Å². The van der Waals surface area contributed by atoms with Crippen LogP contribution in [0.15, 0.2) is 90.0 Å². The van der Waals surface area contributed by atoms with E-state index in [2.05, 4.69) is 10.3 Å². The molecule has 1 amide bonds. The van der Waals surface area contributed by atoms with Gasteiger partial charge in [0, 0.05) is 35.1 Å². The van der Waals surface area contributed by atoms with Crippen molar-refractivity contribution in [2.24, 2.45) is 10.9 Å². The molecule has 0 fully saturated rings. The molecule has 9 heteroatoms. The fraction of sp³-hybridized carbons (Fsp3) is 0.0400. The Labute approximate surface area is 196 Å². The van der Waals surface area contributed by atoms with E-state index in [0.29, 0.717) is 33.5 Å².